The first kappa shape index (κ1) is 20.1. The maximum absolute atomic E-state index is 11.7. The van der Waals surface area contributed by atoms with Crippen LogP contribution < -0.4 is 5.43 Å². The third-order valence-corrected chi connectivity index (χ3v) is 4.75. The number of aliphatic hydroxyl groups is 6. The molecule has 14 heteroatoms. The van der Waals surface area contributed by atoms with Crippen LogP contribution in [-0.4, -0.2) is 107 Å². The minimum Gasteiger partial charge on any atom is -0.394 e. The number of hydrazine groups is 1. The van der Waals surface area contributed by atoms with Crippen molar-refractivity contribution in [1.29, 1.82) is 0 Å². The molecule has 0 saturated carbocycles. The van der Waals surface area contributed by atoms with E-state index in [2.05, 4.69) is 5.43 Å². The highest BCUT2D eigenvalue weighted by Crippen LogP contribution is 2.44. The molecule has 2 aliphatic rings. The monoisotopic (exact) mass is 376 g/mol. The first-order valence-electron chi connectivity index (χ1n) is 6.98. The number of nitrogens with one attached hydrogen (secondary N) is 1. The predicted octanol–water partition coefficient (Wildman–Crippen LogP) is -5.24. The van der Waals surface area contributed by atoms with Gasteiger partial charge in [0.1, 0.15) is 36.6 Å². The molecule has 0 aromatic carbocycles. The molecule has 2 saturated heterocycles. The lowest BCUT2D eigenvalue weighted by molar-refractivity contribution is -0.126. The summed E-state index contributed by atoms with van der Waals surface area (Å²) in [4.78, 5) is 18.9. The van der Waals surface area contributed by atoms with Crippen LogP contribution in [0.15, 0.2) is 0 Å². The predicted molar refractivity (Wildman–Crippen MR) is 72.5 cm³/mol. The molecule has 0 aliphatic carbocycles. The van der Waals surface area contributed by atoms with Gasteiger partial charge in [-0.3, -0.25) is 0 Å². The van der Waals surface area contributed by atoms with E-state index in [-0.39, 0.29) is 4.78 Å². The van der Waals surface area contributed by atoms with Crippen LogP contribution in [0.25, 0.3) is 0 Å². The van der Waals surface area contributed by atoms with E-state index in [0.29, 0.717) is 0 Å². The molecular formula is C10H21N2O11P. The molecule has 24 heavy (non-hydrogen) atoms. The molecule has 0 aromatic rings. The Morgan fingerprint density at radius 1 is 0.875 bits per heavy atom. The van der Waals surface area contributed by atoms with Crippen molar-refractivity contribution in [3.63, 3.8) is 0 Å². The molecule has 2 rings (SSSR count). The van der Waals surface area contributed by atoms with E-state index in [1.54, 1.807) is 0 Å². The molecule has 8 atom stereocenters. The topological polar surface area (TPSA) is 213 Å². The van der Waals surface area contributed by atoms with Crippen molar-refractivity contribution in [1.82, 2.24) is 10.2 Å². The van der Waals surface area contributed by atoms with Gasteiger partial charge in [-0.25, -0.2) is 9.99 Å². The summed E-state index contributed by atoms with van der Waals surface area (Å²) in [5.41, 5.74) is 2.09. The second kappa shape index (κ2) is 7.55. The molecule has 2 aliphatic heterocycles. The zero-order chi connectivity index (χ0) is 18.2. The van der Waals surface area contributed by atoms with Crippen molar-refractivity contribution >= 4 is 7.75 Å². The summed E-state index contributed by atoms with van der Waals surface area (Å²) in [6.07, 6.45) is -12.4. The molecular weight excluding hydrogens is 355 g/mol. The first-order chi connectivity index (χ1) is 11.1. The Morgan fingerprint density at radius 3 is 1.79 bits per heavy atom. The highest BCUT2D eigenvalue weighted by Gasteiger charge is 2.52. The third-order valence-electron chi connectivity index (χ3n) is 3.84. The molecule has 2 heterocycles. The summed E-state index contributed by atoms with van der Waals surface area (Å²) in [6, 6.07) is 0. The van der Waals surface area contributed by atoms with E-state index < -0.39 is 70.0 Å². The van der Waals surface area contributed by atoms with Gasteiger partial charge in [-0.2, -0.15) is 0 Å². The van der Waals surface area contributed by atoms with Crippen molar-refractivity contribution in [2.45, 2.75) is 49.1 Å². The minimum absolute atomic E-state index is 0.122. The zero-order valence-electron chi connectivity index (χ0n) is 12.2. The molecule has 142 valence electrons. The Morgan fingerprint density at radius 2 is 1.38 bits per heavy atom. The van der Waals surface area contributed by atoms with Crippen LogP contribution in [0.3, 0.4) is 0 Å². The van der Waals surface area contributed by atoms with Crippen LogP contribution in [0, 0.1) is 0 Å². The van der Waals surface area contributed by atoms with Crippen molar-refractivity contribution in [2.24, 2.45) is 0 Å². The van der Waals surface area contributed by atoms with Crippen LogP contribution in [0.4, 0.5) is 0 Å². The summed E-state index contributed by atoms with van der Waals surface area (Å²) in [5.74, 6) is 0. The fourth-order valence-electron chi connectivity index (χ4n) is 2.52. The van der Waals surface area contributed by atoms with Crippen LogP contribution in [0.2, 0.25) is 0 Å². The van der Waals surface area contributed by atoms with Gasteiger partial charge in [0.15, 0.2) is 12.5 Å². The second-order valence-electron chi connectivity index (χ2n) is 5.47. The molecule has 13 nitrogen and oxygen atoms in total. The highest BCUT2D eigenvalue weighted by molar-refractivity contribution is 7.49. The molecule has 2 unspecified atom stereocenters. The van der Waals surface area contributed by atoms with Gasteiger partial charge >= 0.3 is 7.75 Å². The Hall–Kier alpha value is -0.250. The van der Waals surface area contributed by atoms with Gasteiger partial charge in [0, 0.05) is 0 Å². The van der Waals surface area contributed by atoms with Crippen molar-refractivity contribution in [3.05, 3.63) is 0 Å². The molecule has 0 radical (unpaired) electrons. The van der Waals surface area contributed by atoms with E-state index in [1.807, 2.05) is 0 Å². The fraction of sp³-hybridized carbons (Fsp3) is 1.00. The number of hydrogen-bond acceptors (Lipinski definition) is 10. The molecule has 0 spiro atoms. The van der Waals surface area contributed by atoms with Gasteiger partial charge in [-0.05, 0) is 0 Å². The quantitative estimate of drug-likeness (QED) is 0.157. The minimum atomic E-state index is -5.14. The summed E-state index contributed by atoms with van der Waals surface area (Å²) >= 11 is 0. The van der Waals surface area contributed by atoms with E-state index in [0.717, 1.165) is 0 Å². The maximum atomic E-state index is 11.7. The molecule has 9 N–H and O–H groups in total. The number of aliphatic hydroxyl groups excluding tert-OH is 6. The SMILES string of the molecule is O=P(O)(O)N(NC1O[C@H](CO)[C@@H](O)[C@H]1O)C1O[C@H](CO)[C@@H](O)[C@H]1O. The zero-order valence-corrected chi connectivity index (χ0v) is 13.1. The van der Waals surface area contributed by atoms with Gasteiger partial charge in [0.25, 0.3) is 0 Å². The maximum Gasteiger partial charge on any atom is 0.418 e. The van der Waals surface area contributed by atoms with Gasteiger partial charge in [0.05, 0.1) is 13.2 Å². The van der Waals surface area contributed by atoms with Crippen molar-refractivity contribution in [3.8, 4) is 0 Å². The lowest BCUT2D eigenvalue weighted by Crippen LogP contribution is -2.55. The van der Waals surface area contributed by atoms with Crippen LogP contribution in [0.1, 0.15) is 0 Å². The first-order valence-corrected chi connectivity index (χ1v) is 8.54. The van der Waals surface area contributed by atoms with Crippen LogP contribution >= 0.6 is 7.75 Å². The Bertz CT molecular complexity index is 478. The number of rotatable bonds is 6. The number of nitrogens with zero attached hydrogens (tertiary/aromatic N) is 1. The normalized spacial score (nSPS) is 43.7. The average molecular weight is 376 g/mol. The van der Waals surface area contributed by atoms with Gasteiger partial charge in [0.2, 0.25) is 0 Å². The highest BCUT2D eigenvalue weighted by atomic mass is 31.2. The Kier molecular flexibility index (Phi) is 6.31. The largest absolute Gasteiger partial charge is 0.418 e. The summed E-state index contributed by atoms with van der Waals surface area (Å²) in [7, 11) is -5.14. The van der Waals surface area contributed by atoms with Crippen molar-refractivity contribution in [2.75, 3.05) is 13.2 Å². The molecule has 0 aromatic heterocycles. The fourth-order valence-corrected chi connectivity index (χ4v) is 3.27. The Balaban J connectivity index is 2.18. The Labute approximate surface area is 135 Å². The number of hydrogen-bond donors (Lipinski definition) is 9. The standard InChI is InChI=1S/C10H21N2O11P/c13-1-3-5(15)7(17)9(22-3)11-12(24(19,20)21)10-8(18)6(16)4(2-14)23-10/h3-11,13-18H,1-2H2,(H2,19,20,21)/t3-,4-,5-,6-,7-,8-,9?,10?/m1/s1. The molecule has 0 amide bonds. The lowest BCUT2D eigenvalue weighted by Gasteiger charge is -2.33. The van der Waals surface area contributed by atoms with Gasteiger partial charge in [-0.15, -0.1) is 4.78 Å². The van der Waals surface area contributed by atoms with E-state index in [1.165, 1.54) is 0 Å². The summed E-state index contributed by atoms with van der Waals surface area (Å²) < 4.78 is 21.9. The van der Waals surface area contributed by atoms with E-state index in [4.69, 9.17) is 19.7 Å². The second-order valence-corrected chi connectivity index (χ2v) is 6.93. The smallest absolute Gasteiger partial charge is 0.394 e. The molecule has 0 bridgehead atoms. The lowest BCUT2D eigenvalue weighted by atomic mass is 10.1. The summed E-state index contributed by atoms with van der Waals surface area (Å²) in [5, 5.41) is 57.0. The van der Waals surface area contributed by atoms with E-state index in [9.17, 15) is 34.8 Å². The van der Waals surface area contributed by atoms with E-state index >= 15 is 0 Å². The van der Waals surface area contributed by atoms with Crippen LogP contribution in [0.5, 0.6) is 0 Å². The molecule has 2 fully saturated rings. The van der Waals surface area contributed by atoms with Gasteiger partial charge in [-0.1, -0.05) is 0 Å². The van der Waals surface area contributed by atoms with Crippen LogP contribution in [-0.2, 0) is 14.0 Å². The van der Waals surface area contributed by atoms with Crippen molar-refractivity contribution < 1.29 is 54.5 Å². The van der Waals surface area contributed by atoms with Gasteiger partial charge < -0.3 is 49.9 Å². The number of ether oxygens (including phenoxy) is 2. The third kappa shape index (κ3) is 3.78. The summed E-state index contributed by atoms with van der Waals surface area (Å²) in [6.45, 7) is -1.36. The average Bonchev–Trinajstić information content (AvgIpc) is 2.95.